The minimum absolute atomic E-state index is 0.874. The fourth-order valence-corrected chi connectivity index (χ4v) is 1.89. The van der Waals surface area contributed by atoms with Gasteiger partial charge in [0, 0.05) is 13.1 Å². The standard InChI is InChI=1S/C12H25NO/c1-12(2)6-4-3-5-7-13-8-10-14-11-9-13/h12H,3-11H2,1-2H3. The Labute approximate surface area is 88.6 Å². The number of hydrogen-bond donors (Lipinski definition) is 0. The molecule has 1 rings (SSSR count). The molecule has 2 nitrogen and oxygen atoms in total. The van der Waals surface area contributed by atoms with Crippen LogP contribution in [0.3, 0.4) is 0 Å². The van der Waals surface area contributed by atoms with Crippen LogP contribution in [0.25, 0.3) is 0 Å². The van der Waals surface area contributed by atoms with Gasteiger partial charge in [-0.25, -0.2) is 0 Å². The lowest BCUT2D eigenvalue weighted by Crippen LogP contribution is -2.36. The third-order valence-electron chi connectivity index (χ3n) is 2.86. The smallest absolute Gasteiger partial charge is 0.0594 e. The minimum atomic E-state index is 0.874. The van der Waals surface area contributed by atoms with Crippen molar-refractivity contribution < 1.29 is 4.74 Å². The Kier molecular flexibility index (Phi) is 6.20. The molecule has 0 unspecified atom stereocenters. The summed E-state index contributed by atoms with van der Waals surface area (Å²) >= 11 is 0. The van der Waals surface area contributed by atoms with E-state index >= 15 is 0 Å². The molecule has 1 fully saturated rings. The van der Waals surface area contributed by atoms with Crippen molar-refractivity contribution in [1.82, 2.24) is 4.90 Å². The van der Waals surface area contributed by atoms with Gasteiger partial charge in [0.15, 0.2) is 0 Å². The van der Waals surface area contributed by atoms with Crippen LogP contribution in [0.15, 0.2) is 0 Å². The predicted molar refractivity (Wildman–Crippen MR) is 60.6 cm³/mol. The van der Waals surface area contributed by atoms with Crippen LogP contribution in [-0.2, 0) is 4.74 Å². The second-order valence-corrected chi connectivity index (χ2v) is 4.70. The van der Waals surface area contributed by atoms with E-state index in [-0.39, 0.29) is 0 Å². The molecule has 1 aliphatic heterocycles. The van der Waals surface area contributed by atoms with Crippen molar-refractivity contribution in [3.63, 3.8) is 0 Å². The normalized spacial score (nSPS) is 19.1. The largest absolute Gasteiger partial charge is 0.379 e. The van der Waals surface area contributed by atoms with Crippen LogP contribution in [0.5, 0.6) is 0 Å². The molecule has 1 saturated heterocycles. The third kappa shape index (κ3) is 5.61. The quantitative estimate of drug-likeness (QED) is 0.610. The van der Waals surface area contributed by atoms with Gasteiger partial charge in [-0.1, -0.05) is 33.1 Å². The topological polar surface area (TPSA) is 12.5 Å². The van der Waals surface area contributed by atoms with Crippen molar-refractivity contribution in [2.75, 3.05) is 32.8 Å². The van der Waals surface area contributed by atoms with E-state index in [1.807, 2.05) is 0 Å². The molecule has 0 N–H and O–H groups in total. The zero-order valence-electron chi connectivity index (χ0n) is 9.80. The first-order chi connectivity index (χ1) is 6.79. The molecule has 0 aromatic heterocycles. The van der Waals surface area contributed by atoms with Gasteiger partial charge in [-0.15, -0.1) is 0 Å². The van der Waals surface area contributed by atoms with E-state index < -0.39 is 0 Å². The Morgan fingerprint density at radius 1 is 1.07 bits per heavy atom. The van der Waals surface area contributed by atoms with Crippen molar-refractivity contribution >= 4 is 0 Å². The predicted octanol–water partition coefficient (Wildman–Crippen LogP) is 2.54. The summed E-state index contributed by atoms with van der Waals surface area (Å²) in [6.45, 7) is 10.1. The van der Waals surface area contributed by atoms with Crippen LogP contribution in [0.1, 0.15) is 39.5 Å². The molecule has 2 heteroatoms. The molecule has 0 radical (unpaired) electrons. The highest BCUT2D eigenvalue weighted by Gasteiger charge is 2.08. The average Bonchev–Trinajstić information content (AvgIpc) is 2.18. The molecule has 84 valence electrons. The Hall–Kier alpha value is -0.0800. The van der Waals surface area contributed by atoms with E-state index in [0.717, 1.165) is 32.2 Å². The van der Waals surface area contributed by atoms with E-state index in [4.69, 9.17) is 4.74 Å². The van der Waals surface area contributed by atoms with Crippen LogP contribution in [0, 0.1) is 5.92 Å². The molecule has 0 bridgehead atoms. The van der Waals surface area contributed by atoms with E-state index in [2.05, 4.69) is 18.7 Å². The molecular weight excluding hydrogens is 174 g/mol. The fraction of sp³-hybridized carbons (Fsp3) is 1.00. The van der Waals surface area contributed by atoms with E-state index in [0.29, 0.717) is 0 Å². The number of hydrogen-bond acceptors (Lipinski definition) is 2. The number of ether oxygens (including phenoxy) is 1. The van der Waals surface area contributed by atoms with Crippen molar-refractivity contribution in [3.05, 3.63) is 0 Å². The highest BCUT2D eigenvalue weighted by atomic mass is 16.5. The van der Waals surface area contributed by atoms with Crippen LogP contribution < -0.4 is 0 Å². The lowest BCUT2D eigenvalue weighted by molar-refractivity contribution is 0.0371. The first-order valence-corrected chi connectivity index (χ1v) is 6.09. The summed E-state index contributed by atoms with van der Waals surface area (Å²) in [5, 5.41) is 0. The van der Waals surface area contributed by atoms with Gasteiger partial charge >= 0.3 is 0 Å². The first-order valence-electron chi connectivity index (χ1n) is 6.09. The molecule has 0 saturated carbocycles. The maximum Gasteiger partial charge on any atom is 0.0594 e. The zero-order valence-corrected chi connectivity index (χ0v) is 9.80. The summed E-state index contributed by atoms with van der Waals surface area (Å²) in [5.74, 6) is 0.874. The second-order valence-electron chi connectivity index (χ2n) is 4.70. The van der Waals surface area contributed by atoms with Crippen LogP contribution in [0.4, 0.5) is 0 Å². The molecule has 0 spiro atoms. The summed E-state index contributed by atoms with van der Waals surface area (Å²) in [4.78, 5) is 2.53. The lowest BCUT2D eigenvalue weighted by Gasteiger charge is -2.26. The SMILES string of the molecule is CC(C)CCCCCN1CCOCC1. The van der Waals surface area contributed by atoms with Gasteiger partial charge in [0.2, 0.25) is 0 Å². The Morgan fingerprint density at radius 2 is 1.79 bits per heavy atom. The van der Waals surface area contributed by atoms with Gasteiger partial charge in [0.05, 0.1) is 13.2 Å². The lowest BCUT2D eigenvalue weighted by atomic mass is 10.1. The molecule has 0 aromatic rings. The van der Waals surface area contributed by atoms with E-state index in [1.165, 1.54) is 32.2 Å². The summed E-state index contributed by atoms with van der Waals surface area (Å²) < 4.78 is 5.32. The number of rotatable bonds is 6. The number of nitrogens with zero attached hydrogens (tertiary/aromatic N) is 1. The monoisotopic (exact) mass is 199 g/mol. The van der Waals surface area contributed by atoms with Crippen molar-refractivity contribution in [3.8, 4) is 0 Å². The van der Waals surface area contributed by atoms with E-state index in [1.54, 1.807) is 0 Å². The maximum absolute atomic E-state index is 5.32. The van der Waals surface area contributed by atoms with Crippen molar-refractivity contribution in [2.45, 2.75) is 39.5 Å². The Balaban J connectivity index is 1.87. The highest BCUT2D eigenvalue weighted by molar-refractivity contribution is 4.61. The molecule has 0 aromatic carbocycles. The summed E-state index contributed by atoms with van der Waals surface area (Å²) in [6, 6.07) is 0. The number of unbranched alkanes of at least 4 members (excludes halogenated alkanes) is 2. The summed E-state index contributed by atoms with van der Waals surface area (Å²) in [5.41, 5.74) is 0. The minimum Gasteiger partial charge on any atom is -0.379 e. The maximum atomic E-state index is 5.32. The van der Waals surface area contributed by atoms with Crippen molar-refractivity contribution in [1.29, 1.82) is 0 Å². The third-order valence-corrected chi connectivity index (χ3v) is 2.86. The average molecular weight is 199 g/mol. The van der Waals surface area contributed by atoms with Gasteiger partial charge in [-0.2, -0.15) is 0 Å². The van der Waals surface area contributed by atoms with Gasteiger partial charge < -0.3 is 4.74 Å². The molecule has 0 amide bonds. The zero-order chi connectivity index (χ0) is 10.2. The molecule has 1 heterocycles. The Morgan fingerprint density at radius 3 is 2.43 bits per heavy atom. The first kappa shape index (κ1) is 12.0. The van der Waals surface area contributed by atoms with Crippen LogP contribution in [-0.4, -0.2) is 37.7 Å². The molecular formula is C12H25NO. The summed E-state index contributed by atoms with van der Waals surface area (Å²) in [7, 11) is 0. The second kappa shape index (κ2) is 7.24. The molecule has 0 atom stereocenters. The molecule has 14 heavy (non-hydrogen) atoms. The van der Waals surface area contributed by atoms with Gasteiger partial charge in [-0.3, -0.25) is 4.90 Å². The van der Waals surface area contributed by atoms with Crippen LogP contribution in [0.2, 0.25) is 0 Å². The fourth-order valence-electron chi connectivity index (χ4n) is 1.89. The van der Waals surface area contributed by atoms with Crippen LogP contribution >= 0.6 is 0 Å². The van der Waals surface area contributed by atoms with E-state index in [9.17, 15) is 0 Å². The summed E-state index contributed by atoms with van der Waals surface area (Å²) in [6.07, 6.45) is 5.56. The van der Waals surface area contributed by atoms with Gasteiger partial charge in [0.25, 0.3) is 0 Å². The molecule has 1 aliphatic rings. The Bertz CT molecular complexity index is 130. The van der Waals surface area contributed by atoms with Crippen molar-refractivity contribution in [2.24, 2.45) is 5.92 Å². The highest BCUT2D eigenvalue weighted by Crippen LogP contribution is 2.09. The number of morpholine rings is 1. The van der Waals surface area contributed by atoms with Gasteiger partial charge in [-0.05, 0) is 18.9 Å². The van der Waals surface area contributed by atoms with Gasteiger partial charge in [0.1, 0.15) is 0 Å². The molecule has 0 aliphatic carbocycles.